The first-order chi connectivity index (χ1) is 9.81. The molecule has 3 fully saturated rings. The molecule has 0 bridgehead atoms. The highest BCUT2D eigenvalue weighted by Crippen LogP contribution is 2.35. The third-order valence-corrected chi connectivity index (χ3v) is 5.12. The van der Waals surface area contributed by atoms with Crippen molar-refractivity contribution in [2.45, 2.75) is 37.3 Å². The van der Waals surface area contributed by atoms with E-state index in [4.69, 9.17) is 15.2 Å². The molecule has 0 aromatic heterocycles. The highest BCUT2D eigenvalue weighted by atomic mass is 16.6. The Hall–Kier alpha value is -0.200. The molecular formula is C15H29N3O2. The maximum absolute atomic E-state index is 6.06. The Kier molecular flexibility index (Phi) is 4.94. The molecule has 3 aliphatic rings. The van der Waals surface area contributed by atoms with Crippen LogP contribution < -0.4 is 5.73 Å². The minimum atomic E-state index is 0.0339. The molecule has 0 aromatic rings. The molecule has 3 rings (SSSR count). The van der Waals surface area contributed by atoms with Gasteiger partial charge in [-0.3, -0.25) is 4.90 Å². The number of hydrogen-bond donors (Lipinski definition) is 1. The third kappa shape index (κ3) is 3.34. The van der Waals surface area contributed by atoms with Gasteiger partial charge in [-0.1, -0.05) is 0 Å². The van der Waals surface area contributed by atoms with Crippen molar-refractivity contribution in [3.63, 3.8) is 0 Å². The summed E-state index contributed by atoms with van der Waals surface area (Å²) in [6.07, 6.45) is 4.68. The molecule has 3 saturated heterocycles. The summed E-state index contributed by atoms with van der Waals surface area (Å²) in [5.41, 5.74) is 5.71. The summed E-state index contributed by atoms with van der Waals surface area (Å²) in [6, 6.07) is 0.684. The van der Waals surface area contributed by atoms with E-state index >= 15 is 0 Å². The maximum atomic E-state index is 6.06. The van der Waals surface area contributed by atoms with Gasteiger partial charge in [0.05, 0.1) is 12.2 Å². The number of nitrogens with zero attached hydrogens (tertiary/aromatic N) is 2. The van der Waals surface area contributed by atoms with E-state index in [2.05, 4.69) is 9.80 Å². The molecular weight excluding hydrogens is 254 g/mol. The zero-order valence-corrected chi connectivity index (χ0v) is 12.6. The largest absolute Gasteiger partial charge is 0.378 e. The molecule has 2 N–H and O–H groups in total. The van der Waals surface area contributed by atoms with Crippen LogP contribution in [0.3, 0.4) is 0 Å². The van der Waals surface area contributed by atoms with E-state index in [0.29, 0.717) is 6.04 Å². The normalized spacial score (nSPS) is 37.4. The smallest absolute Gasteiger partial charge is 0.0951 e. The van der Waals surface area contributed by atoms with Gasteiger partial charge >= 0.3 is 0 Å². The second-order valence-electron chi connectivity index (χ2n) is 6.50. The molecule has 0 aromatic carbocycles. The van der Waals surface area contributed by atoms with Crippen LogP contribution in [0.1, 0.15) is 25.7 Å². The fourth-order valence-electron chi connectivity index (χ4n) is 3.94. The zero-order valence-electron chi connectivity index (χ0n) is 12.6. The second-order valence-corrected chi connectivity index (χ2v) is 6.50. The summed E-state index contributed by atoms with van der Waals surface area (Å²) in [6.45, 7) is 9.16. The summed E-state index contributed by atoms with van der Waals surface area (Å²) in [4.78, 5) is 5.20. The third-order valence-electron chi connectivity index (χ3n) is 5.12. The van der Waals surface area contributed by atoms with Crippen LogP contribution in [-0.2, 0) is 9.47 Å². The Balaban J connectivity index is 1.55. The van der Waals surface area contributed by atoms with Crippen molar-refractivity contribution in [2.75, 3.05) is 59.1 Å². The van der Waals surface area contributed by atoms with Crippen molar-refractivity contribution >= 4 is 0 Å². The SMILES string of the molecule is NCCN1CCCN(C2CCOC3(CCOC3)C2)CC1. The predicted octanol–water partition coefficient (Wildman–Crippen LogP) is 0.291. The Morgan fingerprint density at radius 2 is 2.10 bits per heavy atom. The van der Waals surface area contributed by atoms with Gasteiger partial charge in [0.25, 0.3) is 0 Å². The first kappa shape index (κ1) is 14.7. The maximum Gasteiger partial charge on any atom is 0.0951 e. The summed E-state index contributed by atoms with van der Waals surface area (Å²) >= 11 is 0. The van der Waals surface area contributed by atoms with Crippen molar-refractivity contribution in [2.24, 2.45) is 5.73 Å². The summed E-state index contributed by atoms with van der Waals surface area (Å²) in [7, 11) is 0. The van der Waals surface area contributed by atoms with Gasteiger partial charge in [0.1, 0.15) is 0 Å². The minimum Gasteiger partial charge on any atom is -0.378 e. The minimum absolute atomic E-state index is 0.0339. The first-order valence-electron chi connectivity index (χ1n) is 8.19. The molecule has 0 aliphatic carbocycles. The lowest BCUT2D eigenvalue weighted by Gasteiger charge is -2.42. The fourth-order valence-corrected chi connectivity index (χ4v) is 3.94. The van der Waals surface area contributed by atoms with Crippen molar-refractivity contribution in [1.82, 2.24) is 9.80 Å². The molecule has 3 heterocycles. The van der Waals surface area contributed by atoms with Gasteiger partial charge in [0.15, 0.2) is 0 Å². The molecule has 2 atom stereocenters. The quantitative estimate of drug-likeness (QED) is 0.807. The lowest BCUT2D eigenvalue weighted by atomic mass is 9.89. The van der Waals surface area contributed by atoms with E-state index in [1.165, 1.54) is 32.5 Å². The Morgan fingerprint density at radius 1 is 1.15 bits per heavy atom. The molecule has 2 unspecified atom stereocenters. The van der Waals surface area contributed by atoms with Gasteiger partial charge in [-0.25, -0.2) is 0 Å². The number of hydrogen-bond acceptors (Lipinski definition) is 5. The van der Waals surface area contributed by atoms with Gasteiger partial charge in [0.2, 0.25) is 0 Å². The fraction of sp³-hybridized carbons (Fsp3) is 1.00. The van der Waals surface area contributed by atoms with Crippen LogP contribution in [-0.4, -0.2) is 80.5 Å². The van der Waals surface area contributed by atoms with Crippen molar-refractivity contribution in [3.8, 4) is 0 Å². The monoisotopic (exact) mass is 283 g/mol. The van der Waals surface area contributed by atoms with Crippen LogP contribution in [0.15, 0.2) is 0 Å². The Morgan fingerprint density at radius 3 is 2.90 bits per heavy atom. The van der Waals surface area contributed by atoms with Crippen LogP contribution in [0, 0.1) is 0 Å². The van der Waals surface area contributed by atoms with Crippen LogP contribution in [0.4, 0.5) is 0 Å². The van der Waals surface area contributed by atoms with Crippen LogP contribution >= 0.6 is 0 Å². The zero-order chi connectivity index (χ0) is 13.8. The highest BCUT2D eigenvalue weighted by Gasteiger charge is 2.42. The lowest BCUT2D eigenvalue weighted by molar-refractivity contribution is -0.106. The molecule has 5 nitrogen and oxygen atoms in total. The molecule has 0 amide bonds. The van der Waals surface area contributed by atoms with Crippen molar-refractivity contribution in [1.29, 1.82) is 0 Å². The summed E-state index contributed by atoms with van der Waals surface area (Å²) in [5.74, 6) is 0. The molecule has 20 heavy (non-hydrogen) atoms. The van der Waals surface area contributed by atoms with Crippen LogP contribution in [0.5, 0.6) is 0 Å². The van der Waals surface area contributed by atoms with Crippen LogP contribution in [0.25, 0.3) is 0 Å². The van der Waals surface area contributed by atoms with E-state index in [9.17, 15) is 0 Å². The van der Waals surface area contributed by atoms with E-state index in [-0.39, 0.29) is 5.60 Å². The molecule has 0 saturated carbocycles. The van der Waals surface area contributed by atoms with E-state index in [1.807, 2.05) is 0 Å². The second kappa shape index (κ2) is 6.71. The average molecular weight is 283 g/mol. The number of ether oxygens (including phenoxy) is 2. The van der Waals surface area contributed by atoms with E-state index in [0.717, 1.165) is 52.3 Å². The van der Waals surface area contributed by atoms with E-state index < -0.39 is 0 Å². The van der Waals surface area contributed by atoms with Crippen molar-refractivity contribution < 1.29 is 9.47 Å². The van der Waals surface area contributed by atoms with E-state index in [1.54, 1.807) is 0 Å². The topological polar surface area (TPSA) is 51.0 Å². The Labute approximate surface area is 122 Å². The molecule has 3 aliphatic heterocycles. The summed E-state index contributed by atoms with van der Waals surface area (Å²) < 4.78 is 11.6. The predicted molar refractivity (Wildman–Crippen MR) is 78.8 cm³/mol. The highest BCUT2D eigenvalue weighted by molar-refractivity contribution is 4.94. The van der Waals surface area contributed by atoms with Gasteiger partial charge in [-0.05, 0) is 32.4 Å². The number of nitrogens with two attached hydrogens (primary N) is 1. The van der Waals surface area contributed by atoms with Crippen LogP contribution in [0.2, 0.25) is 0 Å². The number of rotatable bonds is 3. The molecule has 116 valence electrons. The van der Waals surface area contributed by atoms with Gasteiger partial charge < -0.3 is 20.1 Å². The standard InChI is InChI=1S/C15H29N3O2/c16-4-7-17-5-1-6-18(9-8-17)14-2-10-20-15(12-14)3-11-19-13-15/h14H,1-13,16H2. The first-order valence-corrected chi connectivity index (χ1v) is 8.19. The Bertz CT molecular complexity index is 307. The molecule has 5 heteroatoms. The van der Waals surface area contributed by atoms with Gasteiger partial charge in [-0.2, -0.15) is 0 Å². The van der Waals surface area contributed by atoms with Gasteiger partial charge in [-0.15, -0.1) is 0 Å². The van der Waals surface area contributed by atoms with Gasteiger partial charge in [0, 0.05) is 51.9 Å². The lowest BCUT2D eigenvalue weighted by Crippen LogP contribution is -2.50. The molecule has 0 radical (unpaired) electrons. The molecule has 1 spiro atoms. The average Bonchev–Trinajstić information content (AvgIpc) is 2.76. The summed E-state index contributed by atoms with van der Waals surface area (Å²) in [5, 5.41) is 0. The van der Waals surface area contributed by atoms with Crippen molar-refractivity contribution in [3.05, 3.63) is 0 Å².